The normalized spacial score (nSPS) is 10.8. The van der Waals surface area contributed by atoms with Crippen LogP contribution >= 0.6 is 15.9 Å². The van der Waals surface area contributed by atoms with Crippen LogP contribution in [0.2, 0.25) is 0 Å². The summed E-state index contributed by atoms with van der Waals surface area (Å²) >= 11 is 3.49. The molecule has 108 valence electrons. The molecule has 1 aromatic heterocycles. The Balaban J connectivity index is 2.13. The molecule has 4 nitrogen and oxygen atoms in total. The van der Waals surface area contributed by atoms with Crippen molar-refractivity contribution in [3.63, 3.8) is 0 Å². The van der Waals surface area contributed by atoms with Gasteiger partial charge < -0.3 is 4.74 Å². The number of halogens is 1. The molecule has 20 heavy (non-hydrogen) atoms. The van der Waals surface area contributed by atoms with Crippen LogP contribution in [0.3, 0.4) is 0 Å². The topological polar surface area (TPSA) is 39.9 Å². The summed E-state index contributed by atoms with van der Waals surface area (Å²) in [6.45, 7) is 7.60. The number of alkyl halides is 1. The first-order valence-electron chi connectivity index (χ1n) is 6.81. The molecular formula is C15H20BrN3O. The summed E-state index contributed by atoms with van der Waals surface area (Å²) in [7, 11) is 0. The first-order valence-corrected chi connectivity index (χ1v) is 7.93. The van der Waals surface area contributed by atoms with Gasteiger partial charge in [0, 0.05) is 11.9 Å². The Morgan fingerprint density at radius 2 is 1.95 bits per heavy atom. The third kappa shape index (κ3) is 3.39. The van der Waals surface area contributed by atoms with Gasteiger partial charge in [0.25, 0.3) is 0 Å². The predicted molar refractivity (Wildman–Crippen MR) is 83.2 cm³/mol. The van der Waals surface area contributed by atoms with E-state index in [1.165, 1.54) is 5.56 Å². The van der Waals surface area contributed by atoms with Gasteiger partial charge in [-0.15, -0.1) is 0 Å². The first-order chi connectivity index (χ1) is 9.65. The molecule has 0 bridgehead atoms. The van der Waals surface area contributed by atoms with Crippen LogP contribution in [0.4, 0.5) is 0 Å². The van der Waals surface area contributed by atoms with Crippen LogP contribution in [0.15, 0.2) is 18.5 Å². The van der Waals surface area contributed by atoms with Crippen molar-refractivity contribution in [2.45, 2.75) is 45.7 Å². The molecule has 0 aliphatic heterocycles. The molecule has 2 rings (SSSR count). The average molecular weight is 338 g/mol. The van der Waals surface area contributed by atoms with Crippen molar-refractivity contribution in [3.8, 4) is 5.75 Å². The van der Waals surface area contributed by atoms with E-state index in [-0.39, 0.29) is 0 Å². The largest absolute Gasteiger partial charge is 0.485 e. The standard InChI is InChI=1S/C15H20BrN3O/c1-4-5-19-14(17-10-18-19)9-20-15-11(2)6-13(8-16)7-12(15)3/h6-7,10H,4-5,8-9H2,1-3H3. The van der Waals surface area contributed by atoms with Crippen molar-refractivity contribution in [2.75, 3.05) is 0 Å². The minimum absolute atomic E-state index is 0.454. The lowest BCUT2D eigenvalue weighted by Gasteiger charge is -2.13. The summed E-state index contributed by atoms with van der Waals surface area (Å²) in [5.74, 6) is 1.82. The van der Waals surface area contributed by atoms with E-state index in [0.717, 1.165) is 41.0 Å². The van der Waals surface area contributed by atoms with Gasteiger partial charge in [-0.25, -0.2) is 9.67 Å². The second-order valence-corrected chi connectivity index (χ2v) is 5.44. The van der Waals surface area contributed by atoms with E-state index < -0.39 is 0 Å². The molecule has 0 saturated carbocycles. The smallest absolute Gasteiger partial charge is 0.164 e. The molecule has 0 spiro atoms. The summed E-state index contributed by atoms with van der Waals surface area (Å²) in [4.78, 5) is 4.26. The fourth-order valence-corrected chi connectivity index (χ4v) is 2.60. The van der Waals surface area contributed by atoms with Gasteiger partial charge in [-0.3, -0.25) is 0 Å². The number of hydrogen-bond donors (Lipinski definition) is 0. The quantitative estimate of drug-likeness (QED) is 0.753. The minimum atomic E-state index is 0.454. The van der Waals surface area contributed by atoms with Crippen LogP contribution in [-0.2, 0) is 18.5 Å². The molecule has 0 fully saturated rings. The second-order valence-electron chi connectivity index (χ2n) is 4.88. The summed E-state index contributed by atoms with van der Waals surface area (Å²) in [6, 6.07) is 4.29. The highest BCUT2D eigenvalue weighted by molar-refractivity contribution is 9.08. The van der Waals surface area contributed by atoms with Crippen molar-refractivity contribution in [1.29, 1.82) is 0 Å². The molecule has 0 aliphatic carbocycles. The molecule has 2 aromatic rings. The fraction of sp³-hybridized carbons (Fsp3) is 0.467. The molecule has 0 radical (unpaired) electrons. The van der Waals surface area contributed by atoms with E-state index in [9.17, 15) is 0 Å². The van der Waals surface area contributed by atoms with E-state index in [2.05, 4.69) is 58.9 Å². The zero-order valence-corrected chi connectivity index (χ0v) is 13.8. The maximum atomic E-state index is 5.96. The molecular weight excluding hydrogens is 318 g/mol. The van der Waals surface area contributed by atoms with E-state index >= 15 is 0 Å². The van der Waals surface area contributed by atoms with Crippen LogP contribution in [-0.4, -0.2) is 14.8 Å². The van der Waals surface area contributed by atoms with Gasteiger partial charge in [0.1, 0.15) is 18.7 Å². The fourth-order valence-electron chi connectivity index (χ4n) is 2.28. The summed E-state index contributed by atoms with van der Waals surface area (Å²) < 4.78 is 7.86. The Bertz CT molecular complexity index is 557. The highest BCUT2D eigenvalue weighted by Crippen LogP contribution is 2.26. The van der Waals surface area contributed by atoms with E-state index in [1.54, 1.807) is 6.33 Å². The molecule has 1 heterocycles. The van der Waals surface area contributed by atoms with Crippen molar-refractivity contribution < 1.29 is 4.74 Å². The molecule has 1 aromatic carbocycles. The zero-order chi connectivity index (χ0) is 14.5. The second kappa shape index (κ2) is 6.88. The van der Waals surface area contributed by atoms with Gasteiger partial charge in [0.05, 0.1) is 0 Å². The van der Waals surface area contributed by atoms with Gasteiger partial charge in [-0.05, 0) is 37.0 Å². The number of ether oxygens (including phenoxy) is 1. The lowest BCUT2D eigenvalue weighted by Crippen LogP contribution is -2.09. The number of rotatable bonds is 6. The Morgan fingerprint density at radius 1 is 1.25 bits per heavy atom. The van der Waals surface area contributed by atoms with E-state index in [1.807, 2.05) is 4.68 Å². The van der Waals surface area contributed by atoms with E-state index in [4.69, 9.17) is 4.74 Å². The first kappa shape index (κ1) is 15.0. The minimum Gasteiger partial charge on any atom is -0.485 e. The molecule has 0 saturated heterocycles. The van der Waals surface area contributed by atoms with Crippen LogP contribution in [0.25, 0.3) is 0 Å². The zero-order valence-electron chi connectivity index (χ0n) is 12.2. The van der Waals surface area contributed by atoms with Crippen LogP contribution < -0.4 is 4.74 Å². The monoisotopic (exact) mass is 337 g/mol. The van der Waals surface area contributed by atoms with Crippen LogP contribution in [0.5, 0.6) is 5.75 Å². The van der Waals surface area contributed by atoms with Crippen molar-refractivity contribution >= 4 is 15.9 Å². The Kier molecular flexibility index (Phi) is 5.17. The third-order valence-corrected chi connectivity index (χ3v) is 3.80. The predicted octanol–water partition coefficient (Wildman–Crippen LogP) is 3.78. The Morgan fingerprint density at radius 3 is 2.55 bits per heavy atom. The summed E-state index contributed by atoms with van der Waals surface area (Å²) in [6.07, 6.45) is 2.62. The van der Waals surface area contributed by atoms with Gasteiger partial charge >= 0.3 is 0 Å². The van der Waals surface area contributed by atoms with E-state index in [0.29, 0.717) is 6.61 Å². The van der Waals surface area contributed by atoms with Gasteiger partial charge in [-0.2, -0.15) is 5.10 Å². The van der Waals surface area contributed by atoms with Crippen LogP contribution in [0.1, 0.15) is 35.9 Å². The lowest BCUT2D eigenvalue weighted by atomic mass is 10.1. The van der Waals surface area contributed by atoms with Gasteiger partial charge in [0.2, 0.25) is 0 Å². The molecule has 0 unspecified atom stereocenters. The number of hydrogen-bond acceptors (Lipinski definition) is 3. The van der Waals surface area contributed by atoms with Crippen molar-refractivity contribution in [1.82, 2.24) is 14.8 Å². The highest BCUT2D eigenvalue weighted by atomic mass is 79.9. The average Bonchev–Trinajstić information content (AvgIpc) is 2.85. The molecule has 0 atom stereocenters. The maximum absolute atomic E-state index is 5.96. The molecule has 0 N–H and O–H groups in total. The SMILES string of the molecule is CCCn1ncnc1COc1c(C)cc(CBr)cc1C. The van der Waals surface area contributed by atoms with Gasteiger partial charge in [-0.1, -0.05) is 35.0 Å². The molecule has 0 amide bonds. The highest BCUT2D eigenvalue weighted by Gasteiger charge is 2.09. The summed E-state index contributed by atoms with van der Waals surface area (Å²) in [5, 5.41) is 5.07. The molecule has 0 aliphatic rings. The number of nitrogens with zero attached hydrogens (tertiary/aromatic N) is 3. The number of benzene rings is 1. The van der Waals surface area contributed by atoms with Gasteiger partial charge in [0.15, 0.2) is 5.82 Å². The number of aryl methyl sites for hydroxylation is 3. The lowest BCUT2D eigenvalue weighted by molar-refractivity contribution is 0.282. The van der Waals surface area contributed by atoms with Crippen molar-refractivity contribution in [2.24, 2.45) is 0 Å². The molecule has 5 heteroatoms. The third-order valence-electron chi connectivity index (χ3n) is 3.15. The van der Waals surface area contributed by atoms with Crippen molar-refractivity contribution in [3.05, 3.63) is 41.0 Å². The van der Waals surface area contributed by atoms with Crippen LogP contribution in [0, 0.1) is 13.8 Å². The maximum Gasteiger partial charge on any atom is 0.164 e. The summed E-state index contributed by atoms with van der Waals surface area (Å²) in [5.41, 5.74) is 3.57. The Labute approximate surface area is 128 Å². The Hall–Kier alpha value is -1.36. The number of aromatic nitrogens is 3.